The van der Waals surface area contributed by atoms with Gasteiger partial charge >= 0.3 is 29.6 Å². The van der Waals surface area contributed by atoms with Crippen LogP contribution in [0, 0.1) is 0 Å². The van der Waals surface area contributed by atoms with E-state index in [1.807, 2.05) is 0 Å². The molecule has 1 unspecified atom stereocenters. The quantitative estimate of drug-likeness (QED) is 0.625. The summed E-state index contributed by atoms with van der Waals surface area (Å²) in [7, 11) is 0. The number of phenols is 3. The minimum Gasteiger partial charge on any atom is -1.00 e. The first-order valence-corrected chi connectivity index (χ1v) is 6.09. The zero-order chi connectivity index (χ0) is 14.3. The third-order valence-electron chi connectivity index (χ3n) is 3.25. The summed E-state index contributed by atoms with van der Waals surface area (Å²) in [5.74, 6) is -0.403. The summed E-state index contributed by atoms with van der Waals surface area (Å²) in [6, 6.07) is 8.78. The Kier molecular flexibility index (Phi) is 4.46. The third kappa shape index (κ3) is 3.00. The number of carbonyl (C=O) groups excluding carboxylic acids is 1. The number of hydrogen-bond donors (Lipinski definition) is 3. The second-order valence-electron chi connectivity index (χ2n) is 4.66. The number of benzene rings is 2. The van der Waals surface area contributed by atoms with Crippen molar-refractivity contribution in [3.8, 4) is 23.0 Å². The number of carbonyl (C=O) groups is 1. The fraction of sp³-hybridized carbons (Fsp3) is 0.133. The fourth-order valence-corrected chi connectivity index (χ4v) is 2.30. The topological polar surface area (TPSA) is 87.0 Å². The van der Waals surface area contributed by atoms with Crippen molar-refractivity contribution < 1.29 is 55.8 Å². The van der Waals surface area contributed by atoms with Crippen molar-refractivity contribution >= 4 is 5.78 Å². The molecular formula is C15H13NaO5. The van der Waals surface area contributed by atoms with Crippen LogP contribution in [-0.4, -0.2) is 21.1 Å². The van der Waals surface area contributed by atoms with E-state index < -0.39 is 6.10 Å². The van der Waals surface area contributed by atoms with Crippen LogP contribution in [0.15, 0.2) is 36.4 Å². The third-order valence-corrected chi connectivity index (χ3v) is 3.25. The summed E-state index contributed by atoms with van der Waals surface area (Å²) in [4.78, 5) is 12.1. The molecular weight excluding hydrogens is 283 g/mol. The number of rotatable bonds is 1. The Hall–Kier alpha value is -1.69. The van der Waals surface area contributed by atoms with Crippen molar-refractivity contribution in [2.24, 2.45) is 0 Å². The molecule has 6 heteroatoms. The minimum absolute atomic E-state index is 0. The van der Waals surface area contributed by atoms with Gasteiger partial charge in [0.15, 0.2) is 5.78 Å². The summed E-state index contributed by atoms with van der Waals surface area (Å²) < 4.78 is 5.67. The summed E-state index contributed by atoms with van der Waals surface area (Å²) in [6.45, 7) is 0. The van der Waals surface area contributed by atoms with Gasteiger partial charge in [0.1, 0.15) is 34.7 Å². The van der Waals surface area contributed by atoms with Crippen molar-refractivity contribution in [3.05, 3.63) is 47.5 Å². The summed E-state index contributed by atoms with van der Waals surface area (Å²) >= 11 is 0. The molecule has 0 fully saturated rings. The molecule has 0 radical (unpaired) electrons. The van der Waals surface area contributed by atoms with E-state index in [9.17, 15) is 20.1 Å². The number of fused-ring (bicyclic) bond motifs is 1. The first-order valence-electron chi connectivity index (χ1n) is 6.09. The normalized spacial score (nSPS) is 16.6. The smallest absolute Gasteiger partial charge is 1.00 e. The summed E-state index contributed by atoms with van der Waals surface area (Å²) in [5, 5.41) is 28.4. The largest absolute Gasteiger partial charge is 1.00 e. The van der Waals surface area contributed by atoms with E-state index in [-0.39, 0.29) is 71.7 Å². The Morgan fingerprint density at radius 2 is 1.71 bits per heavy atom. The molecule has 2 aromatic rings. The van der Waals surface area contributed by atoms with Gasteiger partial charge < -0.3 is 21.5 Å². The van der Waals surface area contributed by atoms with Gasteiger partial charge in [0.05, 0.1) is 6.42 Å². The molecule has 5 nitrogen and oxygen atoms in total. The maximum absolute atomic E-state index is 12.1. The van der Waals surface area contributed by atoms with Crippen LogP contribution in [0.1, 0.15) is 29.9 Å². The second-order valence-corrected chi connectivity index (χ2v) is 4.66. The predicted molar refractivity (Wildman–Crippen MR) is 71.3 cm³/mol. The molecule has 0 saturated heterocycles. The van der Waals surface area contributed by atoms with Gasteiger partial charge in [-0.1, -0.05) is 12.1 Å². The van der Waals surface area contributed by atoms with Crippen LogP contribution in [0.3, 0.4) is 0 Å². The Balaban J connectivity index is 0.00000121. The van der Waals surface area contributed by atoms with E-state index in [2.05, 4.69) is 0 Å². The minimum atomic E-state index is -0.503. The number of hydrogen-bond acceptors (Lipinski definition) is 5. The van der Waals surface area contributed by atoms with E-state index in [4.69, 9.17) is 4.74 Å². The number of aromatic hydroxyl groups is 3. The second kappa shape index (κ2) is 5.97. The molecule has 0 amide bonds. The molecule has 1 aliphatic rings. The van der Waals surface area contributed by atoms with Crippen molar-refractivity contribution in [3.63, 3.8) is 0 Å². The van der Waals surface area contributed by atoms with E-state index >= 15 is 0 Å². The molecule has 1 aliphatic heterocycles. The molecule has 1 atom stereocenters. The maximum Gasteiger partial charge on any atom is 1.00 e. The maximum atomic E-state index is 12.1. The van der Waals surface area contributed by atoms with Gasteiger partial charge in [-0.2, -0.15) is 0 Å². The SMILES string of the molecule is O=C1CC(c2ccc(O)cc2)Oc2cc(O)cc(O)c21.[H-].[Na+]. The van der Waals surface area contributed by atoms with Crippen LogP contribution < -0.4 is 34.3 Å². The first kappa shape index (κ1) is 15.7. The average Bonchev–Trinajstić information content (AvgIpc) is 2.38. The Labute approximate surface area is 144 Å². The van der Waals surface area contributed by atoms with E-state index in [1.165, 1.54) is 18.2 Å². The van der Waals surface area contributed by atoms with Gasteiger partial charge in [-0.05, 0) is 17.7 Å². The van der Waals surface area contributed by atoms with E-state index in [1.54, 1.807) is 12.1 Å². The number of Topliss-reactive ketones (excluding diaryl/α,β-unsaturated/α-hetero) is 1. The molecule has 3 rings (SSSR count). The molecule has 0 aromatic heterocycles. The van der Waals surface area contributed by atoms with Crippen molar-refractivity contribution in [1.82, 2.24) is 0 Å². The predicted octanol–water partition coefficient (Wildman–Crippen LogP) is -0.374. The van der Waals surface area contributed by atoms with Crippen LogP contribution in [0.5, 0.6) is 23.0 Å². The van der Waals surface area contributed by atoms with Crippen LogP contribution in [0.4, 0.5) is 0 Å². The van der Waals surface area contributed by atoms with Gasteiger partial charge in [-0.3, -0.25) is 4.79 Å². The van der Waals surface area contributed by atoms with Crippen LogP contribution in [-0.2, 0) is 0 Å². The van der Waals surface area contributed by atoms with Crippen LogP contribution in [0.2, 0.25) is 0 Å². The molecule has 21 heavy (non-hydrogen) atoms. The molecule has 3 N–H and O–H groups in total. The van der Waals surface area contributed by atoms with Gasteiger partial charge in [0.25, 0.3) is 0 Å². The number of phenolic OH excluding ortho intramolecular Hbond substituents is 3. The number of ketones is 1. The Morgan fingerprint density at radius 3 is 2.38 bits per heavy atom. The van der Waals surface area contributed by atoms with Crippen LogP contribution >= 0.6 is 0 Å². The van der Waals surface area contributed by atoms with Gasteiger partial charge in [-0.15, -0.1) is 0 Å². The molecule has 104 valence electrons. The summed E-state index contributed by atoms with van der Waals surface area (Å²) in [5.41, 5.74) is 0.836. The Morgan fingerprint density at radius 1 is 1.05 bits per heavy atom. The standard InChI is InChI=1S/C15H12O5.Na.H/c16-9-3-1-8(2-4-9)13-7-12(19)15-11(18)5-10(17)6-14(15)20-13;;/h1-6,13,16-18H,7H2;;/q;+1;-1. The van der Waals surface area contributed by atoms with Crippen LogP contribution in [0.25, 0.3) is 0 Å². The monoisotopic (exact) mass is 296 g/mol. The van der Waals surface area contributed by atoms with Gasteiger partial charge in [0, 0.05) is 12.1 Å². The number of ether oxygens (including phenoxy) is 1. The van der Waals surface area contributed by atoms with Crippen molar-refractivity contribution in [2.75, 3.05) is 0 Å². The van der Waals surface area contributed by atoms with Gasteiger partial charge in [-0.25, -0.2) is 0 Å². The molecule has 0 bridgehead atoms. The zero-order valence-electron chi connectivity index (χ0n) is 12.4. The zero-order valence-corrected chi connectivity index (χ0v) is 13.4. The first-order chi connectivity index (χ1) is 9.54. The van der Waals surface area contributed by atoms with Gasteiger partial charge in [0.2, 0.25) is 0 Å². The molecule has 1 heterocycles. The van der Waals surface area contributed by atoms with E-state index in [0.29, 0.717) is 0 Å². The van der Waals surface area contributed by atoms with E-state index in [0.717, 1.165) is 11.6 Å². The summed E-state index contributed by atoms with van der Waals surface area (Å²) in [6.07, 6.45) is -0.410. The molecule has 0 spiro atoms. The molecule has 0 aliphatic carbocycles. The molecule has 2 aromatic carbocycles. The molecule has 0 saturated carbocycles. The fourth-order valence-electron chi connectivity index (χ4n) is 2.30. The average molecular weight is 296 g/mol. The van der Waals surface area contributed by atoms with Crippen molar-refractivity contribution in [1.29, 1.82) is 0 Å². The van der Waals surface area contributed by atoms with Crippen molar-refractivity contribution in [2.45, 2.75) is 12.5 Å². The Bertz CT molecular complexity index is 687.